The first-order valence-electron chi connectivity index (χ1n) is 10.3. The molecular formula is C22H34N2O. The number of carbonyl (C=O) groups is 1. The maximum Gasteiger partial charge on any atom is 0.236 e. The predicted octanol–water partition coefficient (Wildman–Crippen LogP) is 4.69. The molecule has 1 aromatic carbocycles. The van der Waals surface area contributed by atoms with E-state index in [9.17, 15) is 4.79 Å². The van der Waals surface area contributed by atoms with Crippen molar-refractivity contribution < 1.29 is 4.79 Å². The molecule has 1 amide bonds. The van der Waals surface area contributed by atoms with Gasteiger partial charge >= 0.3 is 0 Å². The van der Waals surface area contributed by atoms with Crippen LogP contribution in [0.1, 0.15) is 75.8 Å². The third-order valence-corrected chi connectivity index (χ3v) is 6.20. The van der Waals surface area contributed by atoms with Gasteiger partial charge in [0.05, 0.1) is 12.6 Å². The van der Waals surface area contributed by atoms with E-state index in [1.54, 1.807) is 0 Å². The summed E-state index contributed by atoms with van der Waals surface area (Å²) < 4.78 is 0. The van der Waals surface area contributed by atoms with E-state index in [1.165, 1.54) is 69.8 Å². The molecule has 2 saturated carbocycles. The van der Waals surface area contributed by atoms with Gasteiger partial charge in [-0.25, -0.2) is 0 Å². The maximum absolute atomic E-state index is 12.9. The number of hydrogen-bond acceptors (Lipinski definition) is 2. The minimum absolute atomic E-state index is 0.224. The van der Waals surface area contributed by atoms with Crippen molar-refractivity contribution in [3.63, 3.8) is 0 Å². The first kappa shape index (κ1) is 18.4. The van der Waals surface area contributed by atoms with Gasteiger partial charge in [0.15, 0.2) is 0 Å². The average Bonchev–Trinajstić information content (AvgIpc) is 2.69. The normalized spacial score (nSPS) is 21.0. The summed E-state index contributed by atoms with van der Waals surface area (Å²) >= 11 is 0. The van der Waals surface area contributed by atoms with Gasteiger partial charge in [-0.3, -0.25) is 4.79 Å². The quantitative estimate of drug-likeness (QED) is 0.813. The van der Waals surface area contributed by atoms with Gasteiger partial charge in [0.1, 0.15) is 0 Å². The van der Waals surface area contributed by atoms with Crippen LogP contribution in [0.4, 0.5) is 0 Å². The molecule has 3 nitrogen and oxygen atoms in total. The van der Waals surface area contributed by atoms with Crippen LogP contribution in [0.3, 0.4) is 0 Å². The van der Waals surface area contributed by atoms with E-state index in [4.69, 9.17) is 0 Å². The molecule has 1 unspecified atom stereocenters. The largest absolute Gasteiger partial charge is 0.337 e. The van der Waals surface area contributed by atoms with Crippen molar-refractivity contribution in [1.82, 2.24) is 10.2 Å². The highest BCUT2D eigenvalue weighted by molar-refractivity contribution is 5.78. The Morgan fingerprint density at radius 2 is 1.60 bits per heavy atom. The Morgan fingerprint density at radius 3 is 2.24 bits per heavy atom. The van der Waals surface area contributed by atoms with Crippen LogP contribution in [-0.4, -0.2) is 30.4 Å². The van der Waals surface area contributed by atoms with Gasteiger partial charge < -0.3 is 10.2 Å². The molecule has 0 aliphatic heterocycles. The lowest BCUT2D eigenvalue weighted by molar-refractivity contribution is -0.132. The molecule has 0 bridgehead atoms. The highest BCUT2D eigenvalue weighted by Crippen LogP contribution is 2.37. The lowest BCUT2D eigenvalue weighted by Crippen LogP contribution is -2.44. The second kappa shape index (κ2) is 9.38. The molecule has 2 aliphatic carbocycles. The SMILES string of the molecule is CN(C(=O)CNC1CCCCC1)C(c1ccccc1)C1CCCCC1. The molecule has 0 spiro atoms. The van der Waals surface area contributed by atoms with Gasteiger partial charge in [0, 0.05) is 13.1 Å². The topological polar surface area (TPSA) is 32.3 Å². The first-order chi connectivity index (χ1) is 12.3. The Labute approximate surface area is 153 Å². The average molecular weight is 343 g/mol. The Balaban J connectivity index is 1.65. The predicted molar refractivity (Wildman–Crippen MR) is 103 cm³/mol. The Morgan fingerprint density at radius 1 is 1.00 bits per heavy atom. The highest BCUT2D eigenvalue weighted by atomic mass is 16.2. The molecule has 3 heteroatoms. The van der Waals surface area contributed by atoms with E-state index in [0.29, 0.717) is 18.5 Å². The zero-order chi connectivity index (χ0) is 17.5. The molecule has 0 aromatic heterocycles. The highest BCUT2D eigenvalue weighted by Gasteiger charge is 2.30. The number of nitrogens with zero attached hydrogens (tertiary/aromatic N) is 1. The zero-order valence-electron chi connectivity index (χ0n) is 15.8. The van der Waals surface area contributed by atoms with Crippen LogP contribution in [0.2, 0.25) is 0 Å². The minimum Gasteiger partial charge on any atom is -0.337 e. The second-order valence-corrected chi connectivity index (χ2v) is 7.97. The number of rotatable bonds is 6. The lowest BCUT2D eigenvalue weighted by Gasteiger charge is -2.37. The van der Waals surface area contributed by atoms with Crippen LogP contribution in [0.15, 0.2) is 30.3 Å². The number of likely N-dealkylation sites (N-methyl/N-ethyl adjacent to an activating group) is 1. The summed E-state index contributed by atoms with van der Waals surface area (Å²) in [5.41, 5.74) is 1.29. The van der Waals surface area contributed by atoms with E-state index in [2.05, 4.69) is 35.6 Å². The molecule has 0 radical (unpaired) electrons. The minimum atomic E-state index is 0.224. The smallest absolute Gasteiger partial charge is 0.236 e. The molecule has 3 rings (SSSR count). The Kier molecular flexibility index (Phi) is 6.92. The second-order valence-electron chi connectivity index (χ2n) is 7.97. The van der Waals surface area contributed by atoms with E-state index in [1.807, 2.05) is 11.9 Å². The maximum atomic E-state index is 12.9. The molecule has 2 aliphatic rings. The fraction of sp³-hybridized carbons (Fsp3) is 0.682. The van der Waals surface area contributed by atoms with Gasteiger partial charge in [-0.05, 0) is 37.2 Å². The molecule has 2 fully saturated rings. The molecule has 25 heavy (non-hydrogen) atoms. The summed E-state index contributed by atoms with van der Waals surface area (Å²) in [5, 5.41) is 3.52. The number of benzene rings is 1. The lowest BCUT2D eigenvalue weighted by atomic mass is 9.80. The van der Waals surface area contributed by atoms with Gasteiger partial charge in [0.2, 0.25) is 5.91 Å². The number of amides is 1. The summed E-state index contributed by atoms with van der Waals surface area (Å²) in [5.74, 6) is 0.838. The van der Waals surface area contributed by atoms with Crippen molar-refractivity contribution in [3.8, 4) is 0 Å². The molecule has 1 N–H and O–H groups in total. The molecule has 138 valence electrons. The Bertz CT molecular complexity index is 518. The number of hydrogen-bond donors (Lipinski definition) is 1. The van der Waals surface area contributed by atoms with Gasteiger partial charge in [-0.15, -0.1) is 0 Å². The Hall–Kier alpha value is -1.35. The summed E-state index contributed by atoms with van der Waals surface area (Å²) in [4.78, 5) is 14.9. The zero-order valence-corrected chi connectivity index (χ0v) is 15.8. The number of nitrogens with one attached hydrogen (secondary N) is 1. The van der Waals surface area contributed by atoms with Gasteiger partial charge in [-0.2, -0.15) is 0 Å². The van der Waals surface area contributed by atoms with E-state index < -0.39 is 0 Å². The monoisotopic (exact) mass is 342 g/mol. The fourth-order valence-electron chi connectivity index (χ4n) is 4.73. The van der Waals surface area contributed by atoms with Crippen molar-refractivity contribution in [3.05, 3.63) is 35.9 Å². The van der Waals surface area contributed by atoms with E-state index >= 15 is 0 Å². The summed E-state index contributed by atoms with van der Waals surface area (Å²) in [6.07, 6.45) is 12.8. The van der Waals surface area contributed by atoms with E-state index in [-0.39, 0.29) is 11.9 Å². The van der Waals surface area contributed by atoms with Gasteiger partial charge in [0.25, 0.3) is 0 Å². The molecule has 0 saturated heterocycles. The summed E-state index contributed by atoms with van der Waals surface area (Å²) in [6.45, 7) is 0.483. The van der Waals surface area contributed by atoms with Crippen molar-refractivity contribution in [1.29, 1.82) is 0 Å². The molecule has 1 atom stereocenters. The van der Waals surface area contributed by atoms with Crippen molar-refractivity contribution in [2.45, 2.75) is 76.3 Å². The summed E-state index contributed by atoms with van der Waals surface area (Å²) in [6, 6.07) is 11.4. The van der Waals surface area contributed by atoms with Crippen LogP contribution in [-0.2, 0) is 4.79 Å². The third-order valence-electron chi connectivity index (χ3n) is 6.20. The standard InChI is InChI=1S/C22H34N2O/c1-24(21(25)17-23-20-15-9-4-10-16-20)22(18-11-5-2-6-12-18)19-13-7-3-8-14-19/h2,5-6,11-12,19-20,22-23H,3-4,7-10,13-17H2,1H3. The van der Waals surface area contributed by atoms with Crippen molar-refractivity contribution >= 4 is 5.91 Å². The van der Waals surface area contributed by atoms with Crippen molar-refractivity contribution in [2.75, 3.05) is 13.6 Å². The number of carbonyl (C=O) groups excluding carboxylic acids is 1. The van der Waals surface area contributed by atoms with Crippen molar-refractivity contribution in [2.24, 2.45) is 5.92 Å². The molecule has 1 aromatic rings. The van der Waals surface area contributed by atoms with E-state index in [0.717, 1.165) is 0 Å². The van der Waals surface area contributed by atoms with Crippen LogP contribution in [0.25, 0.3) is 0 Å². The van der Waals surface area contributed by atoms with Crippen LogP contribution >= 0.6 is 0 Å². The van der Waals surface area contributed by atoms with Gasteiger partial charge in [-0.1, -0.05) is 68.9 Å². The van der Waals surface area contributed by atoms with Crippen LogP contribution < -0.4 is 5.32 Å². The molecule has 0 heterocycles. The summed E-state index contributed by atoms with van der Waals surface area (Å²) in [7, 11) is 2.01. The molecular weight excluding hydrogens is 308 g/mol. The van der Waals surface area contributed by atoms with Crippen LogP contribution in [0, 0.1) is 5.92 Å². The third kappa shape index (κ3) is 5.07. The first-order valence-corrected chi connectivity index (χ1v) is 10.3. The van der Waals surface area contributed by atoms with Crippen LogP contribution in [0.5, 0.6) is 0 Å². The fourth-order valence-corrected chi connectivity index (χ4v) is 4.73.